The molecule has 0 spiro atoms. The third-order valence-corrected chi connectivity index (χ3v) is 5.86. The van der Waals surface area contributed by atoms with E-state index in [0.29, 0.717) is 24.2 Å². The topological polar surface area (TPSA) is 145 Å². The average Bonchev–Trinajstić information content (AvgIpc) is 2.64. The zero-order valence-corrected chi connectivity index (χ0v) is 18.7. The second kappa shape index (κ2) is 8.40. The molecule has 2 aliphatic heterocycles. The lowest BCUT2D eigenvalue weighted by Crippen LogP contribution is -2.58. The van der Waals surface area contributed by atoms with Crippen LogP contribution in [0.5, 0.6) is 11.5 Å². The first-order valence-electron chi connectivity index (χ1n) is 9.79. The number of benzene rings is 1. The normalized spacial score (nSPS) is 22.1. The van der Waals surface area contributed by atoms with Crippen LogP contribution in [0, 0.1) is 15.7 Å². The van der Waals surface area contributed by atoms with Crippen LogP contribution < -0.4 is 23.5 Å². The van der Waals surface area contributed by atoms with E-state index in [0.717, 1.165) is 36.4 Å². The SMILES string of the molecule is COc1cc2c(cc1OC)C1CC(=O)C3=C(CC(C)(C)CC3=O)N1CC2.[O-][Cl+3]([O-])([O-])O. The average molecular weight is 456 g/mol. The van der Waals surface area contributed by atoms with Gasteiger partial charge in [0.2, 0.25) is 0 Å². The van der Waals surface area contributed by atoms with Crippen molar-refractivity contribution >= 4 is 11.6 Å². The van der Waals surface area contributed by atoms with Crippen molar-refractivity contribution in [1.29, 1.82) is 0 Å². The van der Waals surface area contributed by atoms with Gasteiger partial charge in [-0.15, -0.1) is 0 Å². The molecule has 31 heavy (non-hydrogen) atoms. The lowest BCUT2D eigenvalue weighted by Gasteiger charge is -2.47. The van der Waals surface area contributed by atoms with E-state index in [1.54, 1.807) is 14.2 Å². The molecule has 0 saturated carbocycles. The van der Waals surface area contributed by atoms with Crippen LogP contribution in [-0.4, -0.2) is 41.9 Å². The van der Waals surface area contributed by atoms with Crippen LogP contribution in [0.1, 0.15) is 50.3 Å². The molecular weight excluding hydrogens is 430 g/mol. The predicted molar refractivity (Wildman–Crippen MR) is 99.6 cm³/mol. The summed E-state index contributed by atoms with van der Waals surface area (Å²) in [5.41, 5.74) is 3.62. The molecule has 1 aromatic carbocycles. The minimum atomic E-state index is -4.69. The maximum Gasteiger partial charge on any atom is 0.170 e. The van der Waals surface area contributed by atoms with Gasteiger partial charge in [-0.25, -0.2) is 0 Å². The van der Waals surface area contributed by atoms with Gasteiger partial charge in [-0.2, -0.15) is 14.0 Å². The maximum atomic E-state index is 12.8. The zero-order valence-electron chi connectivity index (χ0n) is 17.9. The molecule has 10 heteroatoms. The molecule has 1 N–H and O–H groups in total. The van der Waals surface area contributed by atoms with E-state index in [9.17, 15) is 9.59 Å². The number of methoxy groups -OCH3 is 2. The second-order valence-corrected chi connectivity index (χ2v) is 9.44. The number of halogens is 1. The number of carbonyl (C=O) groups excluding carboxylic acids is 2. The number of ketones is 2. The first-order chi connectivity index (χ1) is 14.3. The van der Waals surface area contributed by atoms with Crippen LogP contribution in [0.4, 0.5) is 0 Å². The van der Waals surface area contributed by atoms with E-state index in [1.165, 1.54) is 5.56 Å². The van der Waals surface area contributed by atoms with Crippen molar-refractivity contribution in [2.75, 3.05) is 20.8 Å². The molecule has 2 heterocycles. The van der Waals surface area contributed by atoms with Gasteiger partial charge in [0.05, 0.1) is 40.7 Å². The number of fused-ring (bicyclic) bond motifs is 4. The van der Waals surface area contributed by atoms with Gasteiger partial charge in [-0.1, -0.05) is 13.8 Å². The summed E-state index contributed by atoms with van der Waals surface area (Å²) in [7, 11) is -1.43. The summed E-state index contributed by atoms with van der Waals surface area (Å²) in [6.45, 7) is 5.03. The highest BCUT2D eigenvalue weighted by atomic mass is 35.7. The molecule has 1 aromatic rings. The van der Waals surface area contributed by atoms with Crippen molar-refractivity contribution in [2.45, 2.75) is 45.6 Å². The largest absolute Gasteiger partial charge is 0.493 e. The minimum Gasteiger partial charge on any atom is -0.493 e. The summed E-state index contributed by atoms with van der Waals surface area (Å²) in [6, 6.07) is 4.00. The monoisotopic (exact) mass is 455 g/mol. The molecule has 9 nitrogen and oxygen atoms in total. The molecular formula is C21H26ClNO8. The Labute approximate surface area is 182 Å². The fourth-order valence-electron chi connectivity index (χ4n) is 4.70. The first kappa shape index (κ1) is 23.5. The second-order valence-electron chi connectivity index (χ2n) is 8.65. The van der Waals surface area contributed by atoms with Gasteiger partial charge in [-0.05, 0) is 41.5 Å². The number of nitrogens with zero attached hydrogens (tertiary/aromatic N) is 1. The molecule has 1 unspecified atom stereocenters. The Morgan fingerprint density at radius 3 is 2.23 bits per heavy atom. The van der Waals surface area contributed by atoms with Crippen molar-refractivity contribution in [1.82, 2.24) is 4.90 Å². The van der Waals surface area contributed by atoms with E-state index in [-0.39, 0.29) is 23.0 Å². The molecule has 0 radical (unpaired) electrons. The summed E-state index contributed by atoms with van der Waals surface area (Å²) in [5, 5.41) is 0. The number of ether oxygens (including phenoxy) is 2. The number of carbonyl (C=O) groups is 2. The summed E-state index contributed by atoms with van der Waals surface area (Å²) < 4.78 is 43.6. The minimum absolute atomic E-state index is 0.00983. The molecule has 0 aromatic heterocycles. The van der Waals surface area contributed by atoms with E-state index < -0.39 is 10.2 Å². The van der Waals surface area contributed by atoms with Crippen molar-refractivity contribution in [3.8, 4) is 11.5 Å². The predicted octanol–water partition coefficient (Wildman–Crippen LogP) is -0.905. The Morgan fingerprint density at radius 2 is 1.65 bits per heavy atom. The molecule has 0 fully saturated rings. The van der Waals surface area contributed by atoms with Gasteiger partial charge in [0.25, 0.3) is 0 Å². The fourth-order valence-corrected chi connectivity index (χ4v) is 4.70. The van der Waals surface area contributed by atoms with E-state index in [4.69, 9.17) is 28.1 Å². The molecule has 0 saturated heterocycles. The van der Waals surface area contributed by atoms with Crippen LogP contribution in [0.25, 0.3) is 0 Å². The van der Waals surface area contributed by atoms with Crippen LogP contribution in [0.2, 0.25) is 0 Å². The van der Waals surface area contributed by atoms with Gasteiger partial charge in [0, 0.05) is 25.1 Å². The molecule has 1 aliphatic carbocycles. The fraction of sp³-hybridized carbons (Fsp3) is 0.524. The molecule has 1 atom stereocenters. The van der Waals surface area contributed by atoms with Crippen molar-refractivity contribution in [3.63, 3.8) is 0 Å². The molecule has 0 amide bonds. The summed E-state index contributed by atoms with van der Waals surface area (Å²) in [4.78, 5) is 27.7. The smallest absolute Gasteiger partial charge is 0.170 e. The van der Waals surface area contributed by atoms with Gasteiger partial charge in [0.1, 0.15) is 0 Å². The number of hydrogen-bond donors (Lipinski definition) is 1. The van der Waals surface area contributed by atoms with Gasteiger partial charge < -0.3 is 14.4 Å². The van der Waals surface area contributed by atoms with Crippen molar-refractivity contribution in [2.24, 2.45) is 5.41 Å². The Bertz CT molecular complexity index is 928. The Hall–Kier alpha value is -2.17. The number of allylic oxidation sites excluding steroid dienone is 2. The Kier molecular flexibility index (Phi) is 6.37. The van der Waals surface area contributed by atoms with Gasteiger partial charge >= 0.3 is 0 Å². The maximum absolute atomic E-state index is 12.8. The van der Waals surface area contributed by atoms with Crippen LogP contribution in [0.15, 0.2) is 23.4 Å². The summed E-state index contributed by atoms with van der Waals surface area (Å²) >= 11 is 0. The quantitative estimate of drug-likeness (QED) is 0.560. The van der Waals surface area contributed by atoms with Crippen molar-refractivity contribution < 1.29 is 47.9 Å². The Morgan fingerprint density at radius 1 is 1.06 bits per heavy atom. The molecule has 3 aliphatic rings. The number of hydrogen-bond acceptors (Lipinski definition) is 9. The number of Topliss-reactive ketones (excluding diaryl/α,β-unsaturated/α-hetero) is 2. The number of rotatable bonds is 2. The summed E-state index contributed by atoms with van der Waals surface area (Å²) in [6.07, 6.45) is 2.45. The molecule has 170 valence electrons. The first-order valence-corrected chi connectivity index (χ1v) is 11.0. The third-order valence-electron chi connectivity index (χ3n) is 5.86. The van der Waals surface area contributed by atoms with E-state index in [1.807, 2.05) is 12.1 Å². The standard InChI is InChI=1S/C21H25NO4.ClHO4/c1-21(2)10-15-20(17(24)11-21)16(23)9-14-13-8-19(26-4)18(25-3)7-12(13)5-6-22(14)15;2-1(3,4)5/h7-8,14H,5-6,9-11H2,1-4H3;(H,2,3,4,5). The highest BCUT2D eigenvalue weighted by Gasteiger charge is 2.45. The highest BCUT2D eigenvalue weighted by molar-refractivity contribution is 6.22. The zero-order chi connectivity index (χ0) is 23.1. The van der Waals surface area contributed by atoms with E-state index >= 15 is 0 Å². The highest BCUT2D eigenvalue weighted by Crippen LogP contribution is 2.48. The van der Waals surface area contributed by atoms with E-state index in [2.05, 4.69) is 18.7 Å². The van der Waals surface area contributed by atoms with Crippen LogP contribution >= 0.6 is 0 Å². The lowest BCUT2D eigenvalue weighted by molar-refractivity contribution is -1.92. The van der Waals surface area contributed by atoms with Crippen molar-refractivity contribution in [3.05, 3.63) is 34.5 Å². The molecule has 4 rings (SSSR count). The van der Waals surface area contributed by atoms with Gasteiger partial charge in [0.15, 0.2) is 23.1 Å². The van der Waals surface area contributed by atoms with Crippen LogP contribution in [0.3, 0.4) is 0 Å². The van der Waals surface area contributed by atoms with Gasteiger partial charge in [-0.3, -0.25) is 9.59 Å². The lowest BCUT2D eigenvalue weighted by atomic mass is 9.71. The third kappa shape index (κ3) is 5.02. The summed E-state index contributed by atoms with van der Waals surface area (Å²) in [5.74, 6) is 1.40. The van der Waals surface area contributed by atoms with Crippen LogP contribution in [-0.2, 0) is 16.0 Å². The Balaban J connectivity index is 0.000000491. The molecule has 0 bridgehead atoms.